The van der Waals surface area contributed by atoms with Gasteiger partial charge in [0.2, 0.25) is 0 Å². The molecule has 1 unspecified atom stereocenters. The molecule has 2 N–H and O–H groups in total. The van der Waals surface area contributed by atoms with Crippen molar-refractivity contribution in [3.63, 3.8) is 0 Å². The van der Waals surface area contributed by atoms with Gasteiger partial charge in [0, 0.05) is 31.9 Å². The molecular weight excluding hydrogens is 306 g/mol. The van der Waals surface area contributed by atoms with Gasteiger partial charge in [-0.3, -0.25) is 0 Å². The van der Waals surface area contributed by atoms with E-state index in [1.165, 1.54) is 0 Å². The first-order valence-corrected chi connectivity index (χ1v) is 8.71. The summed E-state index contributed by atoms with van der Waals surface area (Å²) in [5.74, 6) is 0. The standard InChI is InChI=1S/C18H27N3O3/c1-18(14-22)7-4-8-21(18)17(23)19-13-15-5-2-3-6-16(15)20-9-11-24-12-10-20/h2-3,5-6,22H,4,7-14H2,1H3,(H,19,23). The number of aliphatic hydroxyl groups is 1. The summed E-state index contributed by atoms with van der Waals surface area (Å²) in [4.78, 5) is 16.6. The number of anilines is 1. The van der Waals surface area contributed by atoms with Gasteiger partial charge < -0.3 is 25.0 Å². The van der Waals surface area contributed by atoms with Gasteiger partial charge in [-0.25, -0.2) is 4.79 Å². The van der Waals surface area contributed by atoms with Gasteiger partial charge in [0.25, 0.3) is 0 Å². The Morgan fingerprint density at radius 3 is 2.79 bits per heavy atom. The quantitative estimate of drug-likeness (QED) is 0.878. The number of nitrogens with one attached hydrogen (secondary N) is 1. The van der Waals surface area contributed by atoms with Crippen LogP contribution in [0.4, 0.5) is 10.5 Å². The number of carbonyl (C=O) groups is 1. The number of hydrogen-bond acceptors (Lipinski definition) is 4. The van der Waals surface area contributed by atoms with Crippen LogP contribution < -0.4 is 10.2 Å². The van der Waals surface area contributed by atoms with Gasteiger partial charge in [-0.2, -0.15) is 0 Å². The molecule has 0 aliphatic carbocycles. The van der Waals surface area contributed by atoms with Crippen LogP contribution in [0.3, 0.4) is 0 Å². The van der Waals surface area contributed by atoms with E-state index >= 15 is 0 Å². The molecule has 0 spiro atoms. The number of aliphatic hydroxyl groups excluding tert-OH is 1. The smallest absolute Gasteiger partial charge is 0.318 e. The third-order valence-electron chi connectivity index (χ3n) is 5.11. The highest BCUT2D eigenvalue weighted by atomic mass is 16.5. The van der Waals surface area contributed by atoms with E-state index in [2.05, 4.69) is 22.3 Å². The molecule has 0 saturated carbocycles. The number of ether oxygens (including phenoxy) is 1. The minimum absolute atomic E-state index is 0.00475. The van der Waals surface area contributed by atoms with Crippen LogP contribution in [-0.4, -0.2) is 61.0 Å². The maximum atomic E-state index is 12.6. The Bertz CT molecular complexity index is 574. The lowest BCUT2D eigenvalue weighted by Crippen LogP contribution is -2.51. The van der Waals surface area contributed by atoms with Crippen LogP contribution in [-0.2, 0) is 11.3 Å². The fourth-order valence-corrected chi connectivity index (χ4v) is 3.57. The Kier molecular flexibility index (Phi) is 5.26. The molecule has 2 fully saturated rings. The average molecular weight is 333 g/mol. The number of morpholine rings is 1. The lowest BCUT2D eigenvalue weighted by molar-refractivity contribution is 0.0972. The van der Waals surface area contributed by atoms with Gasteiger partial charge in [-0.15, -0.1) is 0 Å². The van der Waals surface area contributed by atoms with E-state index in [1.54, 1.807) is 4.90 Å². The van der Waals surface area contributed by atoms with Gasteiger partial charge in [0.1, 0.15) is 0 Å². The van der Waals surface area contributed by atoms with Gasteiger partial charge in [-0.05, 0) is 31.4 Å². The lowest BCUT2D eigenvalue weighted by Gasteiger charge is -2.34. The summed E-state index contributed by atoms with van der Waals surface area (Å²) < 4.78 is 5.42. The molecule has 2 saturated heterocycles. The van der Waals surface area contributed by atoms with Crippen molar-refractivity contribution in [3.8, 4) is 0 Å². The molecule has 2 aliphatic heterocycles. The number of nitrogens with zero attached hydrogens (tertiary/aromatic N) is 2. The number of urea groups is 1. The first-order chi connectivity index (χ1) is 11.6. The Labute approximate surface area is 143 Å². The predicted molar refractivity (Wildman–Crippen MR) is 93.1 cm³/mol. The molecular formula is C18H27N3O3. The second-order valence-electron chi connectivity index (χ2n) is 6.80. The van der Waals surface area contributed by atoms with Crippen LogP contribution in [0.2, 0.25) is 0 Å². The molecule has 6 nitrogen and oxygen atoms in total. The van der Waals surface area contributed by atoms with E-state index in [-0.39, 0.29) is 12.6 Å². The number of likely N-dealkylation sites (tertiary alicyclic amines) is 1. The summed E-state index contributed by atoms with van der Waals surface area (Å²) in [5.41, 5.74) is 1.83. The van der Waals surface area contributed by atoms with Crippen molar-refractivity contribution in [3.05, 3.63) is 29.8 Å². The molecule has 0 radical (unpaired) electrons. The summed E-state index contributed by atoms with van der Waals surface area (Å²) in [5, 5.41) is 12.6. The van der Waals surface area contributed by atoms with Gasteiger partial charge >= 0.3 is 6.03 Å². The minimum Gasteiger partial charge on any atom is -0.394 e. The zero-order valence-corrected chi connectivity index (χ0v) is 14.3. The topological polar surface area (TPSA) is 65.0 Å². The van der Waals surface area contributed by atoms with Crippen LogP contribution in [0.25, 0.3) is 0 Å². The molecule has 0 aromatic heterocycles. The Balaban J connectivity index is 1.65. The molecule has 1 aromatic carbocycles. The van der Waals surface area contributed by atoms with E-state index in [1.807, 2.05) is 19.1 Å². The number of benzene rings is 1. The Morgan fingerprint density at radius 1 is 1.29 bits per heavy atom. The summed E-state index contributed by atoms with van der Waals surface area (Å²) in [6.07, 6.45) is 1.79. The van der Waals surface area contributed by atoms with Gasteiger partial charge in [-0.1, -0.05) is 18.2 Å². The largest absolute Gasteiger partial charge is 0.394 e. The van der Waals surface area contributed by atoms with Crippen molar-refractivity contribution in [2.45, 2.75) is 31.8 Å². The van der Waals surface area contributed by atoms with Crippen molar-refractivity contribution in [2.24, 2.45) is 0 Å². The zero-order chi connectivity index (χ0) is 17.0. The lowest BCUT2D eigenvalue weighted by atomic mass is 10.0. The van der Waals surface area contributed by atoms with Crippen LogP contribution in [0, 0.1) is 0 Å². The normalized spacial score (nSPS) is 24.2. The number of amides is 2. The molecule has 2 amide bonds. The maximum Gasteiger partial charge on any atom is 0.318 e. The van der Waals surface area contributed by atoms with Crippen molar-refractivity contribution < 1.29 is 14.6 Å². The molecule has 6 heteroatoms. The van der Waals surface area contributed by atoms with Gasteiger partial charge in [0.05, 0.1) is 25.4 Å². The highest BCUT2D eigenvalue weighted by Crippen LogP contribution is 2.28. The number of para-hydroxylation sites is 1. The number of hydrogen-bond donors (Lipinski definition) is 2. The molecule has 0 bridgehead atoms. The molecule has 2 aliphatic rings. The third kappa shape index (κ3) is 3.49. The third-order valence-corrected chi connectivity index (χ3v) is 5.11. The van der Waals surface area contributed by atoms with E-state index in [9.17, 15) is 9.90 Å². The van der Waals surface area contributed by atoms with E-state index in [0.717, 1.165) is 50.4 Å². The van der Waals surface area contributed by atoms with Crippen molar-refractivity contribution >= 4 is 11.7 Å². The first kappa shape index (κ1) is 17.0. The minimum atomic E-state index is -0.437. The monoisotopic (exact) mass is 333 g/mol. The highest BCUT2D eigenvalue weighted by molar-refractivity contribution is 5.75. The molecule has 1 aromatic rings. The summed E-state index contributed by atoms with van der Waals surface area (Å²) in [7, 11) is 0. The second kappa shape index (κ2) is 7.40. The molecule has 1 atom stereocenters. The van der Waals surface area contributed by atoms with Gasteiger partial charge in [0.15, 0.2) is 0 Å². The summed E-state index contributed by atoms with van der Waals surface area (Å²) in [6, 6.07) is 8.08. The zero-order valence-electron chi connectivity index (χ0n) is 14.3. The second-order valence-corrected chi connectivity index (χ2v) is 6.80. The summed E-state index contributed by atoms with van der Waals surface area (Å²) in [6.45, 7) is 6.37. The highest BCUT2D eigenvalue weighted by Gasteiger charge is 2.39. The number of rotatable bonds is 4. The predicted octanol–water partition coefficient (Wildman–Crippen LogP) is 1.58. The Morgan fingerprint density at radius 2 is 2.04 bits per heavy atom. The maximum absolute atomic E-state index is 12.6. The average Bonchev–Trinajstić information content (AvgIpc) is 3.03. The molecule has 24 heavy (non-hydrogen) atoms. The summed E-state index contributed by atoms with van der Waals surface area (Å²) >= 11 is 0. The van der Waals surface area contributed by atoms with Crippen LogP contribution in [0.5, 0.6) is 0 Å². The van der Waals surface area contributed by atoms with Crippen molar-refractivity contribution in [1.29, 1.82) is 0 Å². The first-order valence-electron chi connectivity index (χ1n) is 8.71. The van der Waals surface area contributed by atoms with Crippen molar-refractivity contribution in [1.82, 2.24) is 10.2 Å². The van der Waals surface area contributed by atoms with E-state index in [0.29, 0.717) is 13.1 Å². The molecule has 3 rings (SSSR count). The number of carbonyl (C=O) groups excluding carboxylic acids is 1. The molecule has 132 valence electrons. The Hall–Kier alpha value is -1.79. The SMILES string of the molecule is CC1(CO)CCCN1C(=O)NCc1ccccc1N1CCOCC1. The molecule has 2 heterocycles. The van der Waals surface area contributed by atoms with Crippen molar-refractivity contribution in [2.75, 3.05) is 44.4 Å². The van der Waals surface area contributed by atoms with Crippen LogP contribution in [0.15, 0.2) is 24.3 Å². The fourth-order valence-electron chi connectivity index (χ4n) is 3.57. The van der Waals surface area contributed by atoms with Crippen LogP contribution >= 0.6 is 0 Å². The van der Waals surface area contributed by atoms with E-state index < -0.39 is 5.54 Å². The van der Waals surface area contributed by atoms with Crippen LogP contribution in [0.1, 0.15) is 25.3 Å². The van der Waals surface area contributed by atoms with E-state index in [4.69, 9.17) is 4.74 Å². The fraction of sp³-hybridized carbons (Fsp3) is 0.611.